The predicted octanol–water partition coefficient (Wildman–Crippen LogP) is 4.04. The summed E-state index contributed by atoms with van der Waals surface area (Å²) in [6.07, 6.45) is 6.15. The highest BCUT2D eigenvalue weighted by molar-refractivity contribution is 5.43. The van der Waals surface area contributed by atoms with Crippen molar-refractivity contribution in [1.82, 2.24) is 0 Å². The molecule has 2 nitrogen and oxygen atoms in total. The average Bonchev–Trinajstić information content (AvgIpc) is 2.40. The average molecular weight is 247 g/mol. The Labute approximate surface area is 107 Å². The van der Waals surface area contributed by atoms with Gasteiger partial charge in [0.25, 0.3) is 0 Å². The normalized spacial score (nSPS) is 18.1. The van der Waals surface area contributed by atoms with Gasteiger partial charge in [0.2, 0.25) is 0 Å². The molecule has 1 saturated carbocycles. The lowest BCUT2D eigenvalue weighted by Crippen LogP contribution is -2.26. The fourth-order valence-electron chi connectivity index (χ4n) is 2.61. The second-order valence-corrected chi connectivity index (χ2v) is 4.95. The molecular formula is C15H18FNO. The number of benzene rings is 1. The van der Waals surface area contributed by atoms with Gasteiger partial charge in [0.1, 0.15) is 23.2 Å². The fourth-order valence-corrected chi connectivity index (χ4v) is 2.61. The van der Waals surface area contributed by atoms with E-state index in [0.29, 0.717) is 11.7 Å². The summed E-state index contributed by atoms with van der Waals surface area (Å²) in [7, 11) is 0. The summed E-state index contributed by atoms with van der Waals surface area (Å²) < 4.78 is 19.2. The zero-order valence-corrected chi connectivity index (χ0v) is 10.7. The highest BCUT2D eigenvalue weighted by Crippen LogP contribution is 2.30. The summed E-state index contributed by atoms with van der Waals surface area (Å²) >= 11 is 0. The van der Waals surface area contributed by atoms with E-state index in [1.165, 1.54) is 38.2 Å². The first-order chi connectivity index (χ1) is 8.72. The molecule has 1 atom stereocenters. The van der Waals surface area contributed by atoms with E-state index < -0.39 is 5.82 Å². The molecule has 1 aliphatic carbocycles. The van der Waals surface area contributed by atoms with E-state index in [2.05, 4.69) is 0 Å². The molecule has 0 aliphatic heterocycles. The van der Waals surface area contributed by atoms with Gasteiger partial charge in [-0.2, -0.15) is 5.26 Å². The predicted molar refractivity (Wildman–Crippen MR) is 67.8 cm³/mol. The molecule has 0 heterocycles. The van der Waals surface area contributed by atoms with Crippen molar-refractivity contribution in [1.29, 1.82) is 5.26 Å². The van der Waals surface area contributed by atoms with Crippen molar-refractivity contribution in [3.63, 3.8) is 0 Å². The van der Waals surface area contributed by atoms with Crippen molar-refractivity contribution in [3.8, 4) is 11.8 Å². The number of nitrogens with zero attached hydrogens (tertiary/aromatic N) is 1. The van der Waals surface area contributed by atoms with E-state index in [1.54, 1.807) is 12.1 Å². The maximum absolute atomic E-state index is 13.4. The molecular weight excluding hydrogens is 229 g/mol. The SMILES string of the molecule is CC(Oc1cccc(F)c1C#N)C1CCCCC1. The van der Waals surface area contributed by atoms with Gasteiger partial charge in [-0.05, 0) is 37.8 Å². The Morgan fingerprint density at radius 1 is 1.33 bits per heavy atom. The minimum Gasteiger partial charge on any atom is -0.489 e. The van der Waals surface area contributed by atoms with Gasteiger partial charge in [-0.1, -0.05) is 25.3 Å². The molecule has 1 fully saturated rings. The van der Waals surface area contributed by atoms with Gasteiger partial charge in [0.15, 0.2) is 0 Å². The number of hydrogen-bond donors (Lipinski definition) is 0. The van der Waals surface area contributed by atoms with Crippen LogP contribution in [0.3, 0.4) is 0 Å². The first kappa shape index (κ1) is 12.9. The van der Waals surface area contributed by atoms with Crippen LogP contribution in [0.25, 0.3) is 0 Å². The van der Waals surface area contributed by atoms with Crippen LogP contribution in [-0.2, 0) is 0 Å². The van der Waals surface area contributed by atoms with Gasteiger partial charge in [0.05, 0.1) is 6.10 Å². The monoisotopic (exact) mass is 247 g/mol. The van der Waals surface area contributed by atoms with Gasteiger partial charge < -0.3 is 4.74 Å². The molecule has 1 aromatic carbocycles. The summed E-state index contributed by atoms with van der Waals surface area (Å²) in [5, 5.41) is 8.95. The Hall–Kier alpha value is -1.56. The number of halogens is 1. The number of nitriles is 1. The number of hydrogen-bond acceptors (Lipinski definition) is 2. The van der Waals surface area contributed by atoms with Crippen molar-refractivity contribution < 1.29 is 9.13 Å². The molecule has 2 rings (SSSR count). The molecule has 0 N–H and O–H groups in total. The van der Waals surface area contributed by atoms with Gasteiger partial charge in [0, 0.05) is 0 Å². The van der Waals surface area contributed by atoms with Crippen LogP contribution in [0.2, 0.25) is 0 Å². The fraction of sp³-hybridized carbons (Fsp3) is 0.533. The zero-order valence-electron chi connectivity index (χ0n) is 10.7. The first-order valence-corrected chi connectivity index (χ1v) is 6.57. The van der Waals surface area contributed by atoms with Crippen molar-refractivity contribution in [3.05, 3.63) is 29.6 Å². The van der Waals surface area contributed by atoms with Gasteiger partial charge in [-0.3, -0.25) is 0 Å². The lowest BCUT2D eigenvalue weighted by molar-refractivity contribution is 0.123. The highest BCUT2D eigenvalue weighted by Gasteiger charge is 2.22. The largest absolute Gasteiger partial charge is 0.489 e. The van der Waals surface area contributed by atoms with Crippen LogP contribution in [0.5, 0.6) is 5.75 Å². The molecule has 1 unspecified atom stereocenters. The molecule has 0 spiro atoms. The third kappa shape index (κ3) is 2.81. The van der Waals surface area contributed by atoms with Crippen molar-refractivity contribution in [2.45, 2.75) is 45.1 Å². The van der Waals surface area contributed by atoms with Crippen molar-refractivity contribution in [2.24, 2.45) is 5.92 Å². The van der Waals surface area contributed by atoms with E-state index in [-0.39, 0.29) is 11.7 Å². The molecule has 0 radical (unpaired) electrons. The van der Waals surface area contributed by atoms with Crippen LogP contribution in [0.1, 0.15) is 44.6 Å². The Morgan fingerprint density at radius 3 is 2.72 bits per heavy atom. The second-order valence-electron chi connectivity index (χ2n) is 4.95. The Balaban J connectivity index is 2.09. The molecule has 1 aromatic rings. The molecule has 0 aromatic heterocycles. The van der Waals surface area contributed by atoms with Crippen LogP contribution in [0, 0.1) is 23.1 Å². The van der Waals surface area contributed by atoms with Crippen LogP contribution in [-0.4, -0.2) is 6.10 Å². The highest BCUT2D eigenvalue weighted by atomic mass is 19.1. The van der Waals surface area contributed by atoms with Crippen molar-refractivity contribution >= 4 is 0 Å². The molecule has 1 aliphatic rings. The van der Waals surface area contributed by atoms with Crippen LogP contribution in [0.15, 0.2) is 18.2 Å². The maximum Gasteiger partial charge on any atom is 0.144 e. The quantitative estimate of drug-likeness (QED) is 0.807. The summed E-state index contributed by atoms with van der Waals surface area (Å²) in [4.78, 5) is 0. The first-order valence-electron chi connectivity index (χ1n) is 6.57. The second kappa shape index (κ2) is 5.86. The lowest BCUT2D eigenvalue weighted by Gasteiger charge is -2.28. The lowest BCUT2D eigenvalue weighted by atomic mass is 9.86. The number of rotatable bonds is 3. The molecule has 3 heteroatoms. The van der Waals surface area contributed by atoms with Gasteiger partial charge >= 0.3 is 0 Å². The maximum atomic E-state index is 13.4. The summed E-state index contributed by atoms with van der Waals surface area (Å²) in [6, 6.07) is 6.41. The minimum absolute atomic E-state index is 0.0140. The standard InChI is InChI=1S/C15H18FNO/c1-11(12-6-3-2-4-7-12)18-15-9-5-8-14(16)13(15)10-17/h5,8-9,11-12H,2-4,6-7H2,1H3. The van der Waals surface area contributed by atoms with E-state index in [0.717, 1.165) is 0 Å². The minimum atomic E-state index is -0.508. The third-order valence-corrected chi connectivity index (χ3v) is 3.71. The molecule has 96 valence electrons. The zero-order chi connectivity index (χ0) is 13.0. The van der Waals surface area contributed by atoms with E-state index in [9.17, 15) is 4.39 Å². The van der Waals surface area contributed by atoms with Crippen LogP contribution >= 0.6 is 0 Å². The summed E-state index contributed by atoms with van der Waals surface area (Å²) in [6.45, 7) is 2.02. The van der Waals surface area contributed by atoms with Gasteiger partial charge in [-0.15, -0.1) is 0 Å². The summed E-state index contributed by atoms with van der Waals surface area (Å²) in [5.41, 5.74) is 0.0140. The Kier molecular flexibility index (Phi) is 4.19. The third-order valence-electron chi connectivity index (χ3n) is 3.71. The van der Waals surface area contributed by atoms with E-state index in [1.807, 2.05) is 13.0 Å². The van der Waals surface area contributed by atoms with E-state index in [4.69, 9.17) is 10.00 Å². The Bertz CT molecular complexity index is 446. The smallest absolute Gasteiger partial charge is 0.144 e. The number of ether oxygens (including phenoxy) is 1. The Morgan fingerprint density at radius 2 is 2.06 bits per heavy atom. The molecule has 0 saturated heterocycles. The topological polar surface area (TPSA) is 33.0 Å². The van der Waals surface area contributed by atoms with E-state index >= 15 is 0 Å². The van der Waals surface area contributed by atoms with Crippen LogP contribution in [0.4, 0.5) is 4.39 Å². The molecule has 0 amide bonds. The van der Waals surface area contributed by atoms with Crippen LogP contribution < -0.4 is 4.74 Å². The molecule has 18 heavy (non-hydrogen) atoms. The van der Waals surface area contributed by atoms with Crippen molar-refractivity contribution in [2.75, 3.05) is 0 Å². The molecule has 0 bridgehead atoms. The van der Waals surface area contributed by atoms with Gasteiger partial charge in [-0.25, -0.2) is 4.39 Å². The summed E-state index contributed by atoms with van der Waals surface area (Å²) in [5.74, 6) is 0.384.